The number of likely N-dealkylation sites (tertiary alicyclic amines) is 1. The first kappa shape index (κ1) is 19.4. The summed E-state index contributed by atoms with van der Waals surface area (Å²) in [6.07, 6.45) is -3.41. The van der Waals surface area contributed by atoms with E-state index < -0.39 is 6.36 Å². The summed E-state index contributed by atoms with van der Waals surface area (Å²) in [5.74, 6) is 0.150. The number of hydrogen-bond donors (Lipinski definition) is 0. The van der Waals surface area contributed by atoms with Gasteiger partial charge in [0, 0.05) is 36.5 Å². The van der Waals surface area contributed by atoms with Crippen molar-refractivity contribution in [3.63, 3.8) is 0 Å². The predicted octanol–water partition coefficient (Wildman–Crippen LogP) is 4.92. The molecule has 2 aromatic carbocycles. The van der Waals surface area contributed by atoms with Crippen molar-refractivity contribution in [1.82, 2.24) is 4.90 Å². The minimum atomic E-state index is -4.75. The largest absolute Gasteiger partial charge is 0.573 e. The van der Waals surface area contributed by atoms with Crippen LogP contribution in [0.1, 0.15) is 23.2 Å². The summed E-state index contributed by atoms with van der Waals surface area (Å²) in [6.45, 7) is 1.02. The van der Waals surface area contributed by atoms with Crippen molar-refractivity contribution in [3.8, 4) is 11.5 Å². The lowest BCUT2D eigenvalue weighted by Crippen LogP contribution is -2.41. The van der Waals surface area contributed by atoms with Gasteiger partial charge in [-0.3, -0.25) is 4.79 Å². The molecule has 0 atom stereocenters. The van der Waals surface area contributed by atoms with Crippen LogP contribution in [0.25, 0.3) is 0 Å². The highest BCUT2D eigenvalue weighted by Gasteiger charge is 2.31. The van der Waals surface area contributed by atoms with Crippen LogP contribution in [0.5, 0.6) is 11.5 Å². The zero-order chi connectivity index (χ0) is 19.4. The fourth-order valence-corrected chi connectivity index (χ4v) is 2.99. The molecular formula is C19H17ClF3NO3. The molecule has 3 rings (SSSR count). The topological polar surface area (TPSA) is 38.8 Å². The van der Waals surface area contributed by atoms with Gasteiger partial charge in [-0.2, -0.15) is 0 Å². The number of carbonyl (C=O) groups excluding carboxylic acids is 1. The molecule has 0 N–H and O–H groups in total. The lowest BCUT2D eigenvalue weighted by atomic mass is 10.1. The van der Waals surface area contributed by atoms with Crippen molar-refractivity contribution in [2.45, 2.75) is 25.3 Å². The molecule has 0 spiro atoms. The van der Waals surface area contributed by atoms with E-state index in [9.17, 15) is 18.0 Å². The van der Waals surface area contributed by atoms with Gasteiger partial charge in [-0.15, -0.1) is 13.2 Å². The molecule has 8 heteroatoms. The van der Waals surface area contributed by atoms with Crippen LogP contribution >= 0.6 is 11.6 Å². The molecule has 0 bridgehead atoms. The number of nitrogens with zero attached hydrogens (tertiary/aromatic N) is 1. The number of hydrogen-bond acceptors (Lipinski definition) is 3. The number of alkyl halides is 3. The summed E-state index contributed by atoms with van der Waals surface area (Å²) >= 11 is 5.84. The van der Waals surface area contributed by atoms with Gasteiger partial charge in [-0.25, -0.2) is 0 Å². The monoisotopic (exact) mass is 399 g/mol. The maximum Gasteiger partial charge on any atom is 0.573 e. The highest BCUT2D eigenvalue weighted by Crippen LogP contribution is 2.24. The second-order valence-corrected chi connectivity index (χ2v) is 6.57. The van der Waals surface area contributed by atoms with Crippen LogP contribution in [0.15, 0.2) is 48.5 Å². The van der Waals surface area contributed by atoms with Gasteiger partial charge in [-0.1, -0.05) is 11.6 Å². The van der Waals surface area contributed by atoms with Crippen molar-refractivity contribution in [2.24, 2.45) is 0 Å². The minimum absolute atomic E-state index is 0.00205. The third-order valence-electron chi connectivity index (χ3n) is 4.18. The average molecular weight is 400 g/mol. The SMILES string of the molecule is O=C(c1ccc(OC(F)(F)F)cc1)N1CCC(Oc2ccc(Cl)cc2)CC1. The van der Waals surface area contributed by atoms with E-state index in [1.54, 1.807) is 29.2 Å². The van der Waals surface area contributed by atoms with Crippen molar-refractivity contribution >= 4 is 17.5 Å². The van der Waals surface area contributed by atoms with Crippen LogP contribution in [0.4, 0.5) is 13.2 Å². The molecule has 2 aromatic rings. The molecule has 0 saturated carbocycles. The fourth-order valence-electron chi connectivity index (χ4n) is 2.86. The Morgan fingerprint density at radius 1 is 0.963 bits per heavy atom. The van der Waals surface area contributed by atoms with Crippen molar-refractivity contribution < 1.29 is 27.4 Å². The number of carbonyl (C=O) groups is 1. The molecule has 1 aliphatic rings. The van der Waals surface area contributed by atoms with Crippen LogP contribution in [0.2, 0.25) is 5.02 Å². The first-order valence-corrected chi connectivity index (χ1v) is 8.75. The lowest BCUT2D eigenvalue weighted by Gasteiger charge is -2.32. The summed E-state index contributed by atoms with van der Waals surface area (Å²) in [5, 5.41) is 0.634. The molecule has 1 heterocycles. The van der Waals surface area contributed by atoms with Crippen molar-refractivity contribution in [3.05, 3.63) is 59.1 Å². The fraction of sp³-hybridized carbons (Fsp3) is 0.316. The molecule has 0 aliphatic carbocycles. The Balaban J connectivity index is 1.52. The van der Waals surface area contributed by atoms with E-state index >= 15 is 0 Å². The Morgan fingerprint density at radius 3 is 2.07 bits per heavy atom. The molecule has 1 amide bonds. The molecule has 0 unspecified atom stereocenters. The maximum atomic E-state index is 12.5. The van der Waals surface area contributed by atoms with E-state index in [0.29, 0.717) is 36.5 Å². The number of piperidine rings is 1. The number of ether oxygens (including phenoxy) is 2. The second-order valence-electron chi connectivity index (χ2n) is 6.14. The van der Waals surface area contributed by atoms with E-state index in [1.165, 1.54) is 12.1 Å². The Morgan fingerprint density at radius 2 is 1.52 bits per heavy atom. The van der Waals surface area contributed by atoms with Gasteiger partial charge in [0.15, 0.2) is 0 Å². The molecule has 1 aliphatic heterocycles. The zero-order valence-electron chi connectivity index (χ0n) is 14.2. The van der Waals surface area contributed by atoms with E-state index in [2.05, 4.69) is 4.74 Å². The lowest BCUT2D eigenvalue weighted by molar-refractivity contribution is -0.274. The van der Waals surface area contributed by atoms with Gasteiger partial charge >= 0.3 is 6.36 Å². The van der Waals surface area contributed by atoms with Crippen LogP contribution in [0.3, 0.4) is 0 Å². The Hall–Kier alpha value is -2.41. The summed E-state index contributed by atoms with van der Waals surface area (Å²) in [5.41, 5.74) is 0.321. The van der Waals surface area contributed by atoms with Gasteiger partial charge in [-0.05, 0) is 48.5 Å². The first-order chi connectivity index (χ1) is 12.8. The molecule has 1 saturated heterocycles. The Bertz CT molecular complexity index is 770. The van der Waals surface area contributed by atoms with Crippen LogP contribution < -0.4 is 9.47 Å². The number of rotatable bonds is 4. The molecule has 0 radical (unpaired) electrons. The summed E-state index contributed by atoms with van der Waals surface area (Å²) < 4.78 is 46.3. The quantitative estimate of drug-likeness (QED) is 0.732. The van der Waals surface area contributed by atoms with Gasteiger partial charge < -0.3 is 14.4 Å². The molecule has 144 valence electrons. The smallest absolute Gasteiger partial charge is 0.490 e. The Labute approximate surface area is 159 Å². The van der Waals surface area contributed by atoms with Crippen molar-refractivity contribution in [2.75, 3.05) is 13.1 Å². The highest BCUT2D eigenvalue weighted by molar-refractivity contribution is 6.30. The molecule has 0 aromatic heterocycles. The molecule has 1 fully saturated rings. The molecule has 4 nitrogen and oxygen atoms in total. The van der Waals surface area contributed by atoms with Crippen LogP contribution in [-0.4, -0.2) is 36.4 Å². The Kier molecular flexibility index (Phi) is 5.79. The van der Waals surface area contributed by atoms with Gasteiger partial charge in [0.2, 0.25) is 0 Å². The number of halogens is 4. The average Bonchev–Trinajstić information content (AvgIpc) is 2.63. The predicted molar refractivity (Wildman–Crippen MR) is 94.1 cm³/mol. The normalized spacial score (nSPS) is 15.5. The third kappa shape index (κ3) is 5.53. The minimum Gasteiger partial charge on any atom is -0.490 e. The third-order valence-corrected chi connectivity index (χ3v) is 4.43. The molecular weight excluding hydrogens is 383 g/mol. The van der Waals surface area contributed by atoms with E-state index in [0.717, 1.165) is 17.9 Å². The standard InChI is InChI=1S/C19H17ClF3NO3/c20-14-3-7-15(8-4-14)26-16-9-11-24(12-10-16)18(25)13-1-5-17(6-2-13)27-19(21,22)23/h1-8,16H,9-12H2. The summed E-state index contributed by atoms with van der Waals surface area (Å²) in [4.78, 5) is 14.2. The first-order valence-electron chi connectivity index (χ1n) is 8.37. The zero-order valence-corrected chi connectivity index (χ0v) is 15.0. The van der Waals surface area contributed by atoms with E-state index in [1.807, 2.05) is 0 Å². The number of benzene rings is 2. The van der Waals surface area contributed by atoms with Gasteiger partial charge in [0.05, 0.1) is 0 Å². The second kappa shape index (κ2) is 8.08. The van der Waals surface area contributed by atoms with Crippen LogP contribution in [0, 0.1) is 0 Å². The van der Waals surface area contributed by atoms with E-state index in [-0.39, 0.29) is 17.8 Å². The van der Waals surface area contributed by atoms with Crippen LogP contribution in [-0.2, 0) is 0 Å². The summed E-state index contributed by atoms with van der Waals surface area (Å²) in [6, 6.07) is 12.0. The van der Waals surface area contributed by atoms with E-state index in [4.69, 9.17) is 16.3 Å². The maximum absolute atomic E-state index is 12.5. The highest BCUT2D eigenvalue weighted by atomic mass is 35.5. The summed E-state index contributed by atoms with van der Waals surface area (Å²) in [7, 11) is 0. The number of amides is 1. The molecule has 27 heavy (non-hydrogen) atoms. The van der Waals surface area contributed by atoms with Gasteiger partial charge in [0.25, 0.3) is 5.91 Å². The van der Waals surface area contributed by atoms with Crippen molar-refractivity contribution in [1.29, 1.82) is 0 Å². The van der Waals surface area contributed by atoms with Gasteiger partial charge in [0.1, 0.15) is 17.6 Å².